The molecule has 0 saturated heterocycles. The van der Waals surface area contributed by atoms with Gasteiger partial charge in [0.05, 0.1) is 21.7 Å². The Balaban J connectivity index is 1.82. The average Bonchev–Trinajstić information content (AvgIpc) is 3.04. The van der Waals surface area contributed by atoms with Gasteiger partial charge in [0.15, 0.2) is 0 Å². The number of hydrogen-bond donors (Lipinski definition) is 1. The third-order valence-electron chi connectivity index (χ3n) is 4.91. The highest BCUT2D eigenvalue weighted by atomic mass is 35.5. The topological polar surface area (TPSA) is 55.2 Å². The summed E-state index contributed by atoms with van der Waals surface area (Å²) in [6.07, 6.45) is 5.18. The Morgan fingerprint density at radius 1 is 1.12 bits per heavy atom. The second-order valence-corrected chi connectivity index (χ2v) is 7.55. The molecule has 1 heterocycles. The van der Waals surface area contributed by atoms with E-state index in [1.54, 1.807) is 18.2 Å². The van der Waals surface area contributed by atoms with Crippen molar-refractivity contribution in [2.24, 2.45) is 5.92 Å². The van der Waals surface area contributed by atoms with Gasteiger partial charge in [-0.05, 0) is 41.7 Å². The number of nitro benzene ring substituents is 1. The van der Waals surface area contributed by atoms with Crippen LogP contribution in [0.2, 0.25) is 15.1 Å². The van der Waals surface area contributed by atoms with E-state index in [2.05, 4.69) is 17.5 Å². The summed E-state index contributed by atoms with van der Waals surface area (Å²) in [5.74, 6) is 0.412. The van der Waals surface area contributed by atoms with E-state index in [-0.39, 0.29) is 28.6 Å². The molecule has 1 aliphatic heterocycles. The number of nitro groups is 1. The summed E-state index contributed by atoms with van der Waals surface area (Å²) >= 11 is 18.5. The first-order valence-corrected chi connectivity index (χ1v) is 8.95. The van der Waals surface area contributed by atoms with E-state index >= 15 is 0 Å². The fourth-order valence-electron chi connectivity index (χ4n) is 3.81. The predicted octanol–water partition coefficient (Wildman–Crippen LogP) is 6.38. The van der Waals surface area contributed by atoms with Gasteiger partial charge in [-0.1, -0.05) is 53.0 Å². The molecule has 1 N–H and O–H groups in total. The number of allylic oxidation sites excluding steroid dienone is 2. The van der Waals surface area contributed by atoms with Crippen molar-refractivity contribution in [1.29, 1.82) is 0 Å². The second-order valence-electron chi connectivity index (χ2n) is 6.30. The van der Waals surface area contributed by atoms with Crippen LogP contribution in [0.3, 0.4) is 0 Å². The number of rotatable bonds is 2. The molecule has 0 radical (unpaired) electrons. The predicted molar refractivity (Wildman–Crippen MR) is 101 cm³/mol. The van der Waals surface area contributed by atoms with E-state index < -0.39 is 4.92 Å². The highest BCUT2D eigenvalue weighted by Crippen LogP contribution is 2.52. The van der Waals surface area contributed by atoms with E-state index in [1.807, 2.05) is 12.1 Å². The highest BCUT2D eigenvalue weighted by Gasteiger charge is 2.39. The van der Waals surface area contributed by atoms with Gasteiger partial charge in [-0.25, -0.2) is 0 Å². The van der Waals surface area contributed by atoms with Crippen molar-refractivity contribution in [2.75, 3.05) is 5.32 Å². The third kappa shape index (κ3) is 2.78. The number of nitrogens with one attached hydrogen (secondary N) is 1. The molecule has 2 aromatic rings. The summed E-state index contributed by atoms with van der Waals surface area (Å²) in [6, 6.07) is 8.50. The first kappa shape index (κ1) is 16.7. The van der Waals surface area contributed by atoms with Gasteiger partial charge in [-0.3, -0.25) is 10.1 Å². The van der Waals surface area contributed by atoms with E-state index in [0.29, 0.717) is 10.0 Å². The quantitative estimate of drug-likeness (QED) is 0.364. The molecule has 3 atom stereocenters. The molecular weight excluding hydrogens is 383 g/mol. The Morgan fingerprint density at radius 2 is 1.92 bits per heavy atom. The van der Waals surface area contributed by atoms with Crippen LogP contribution in [-0.2, 0) is 0 Å². The van der Waals surface area contributed by atoms with Crippen LogP contribution in [0.15, 0.2) is 42.5 Å². The lowest BCUT2D eigenvalue weighted by atomic mass is 9.77. The van der Waals surface area contributed by atoms with Crippen LogP contribution in [0.1, 0.15) is 29.5 Å². The van der Waals surface area contributed by atoms with Crippen molar-refractivity contribution in [3.63, 3.8) is 0 Å². The highest BCUT2D eigenvalue weighted by molar-refractivity contribution is 6.36. The summed E-state index contributed by atoms with van der Waals surface area (Å²) in [4.78, 5) is 10.8. The maximum atomic E-state index is 11.2. The largest absolute Gasteiger partial charge is 0.376 e. The molecule has 0 unspecified atom stereocenters. The Bertz CT molecular complexity index is 913. The number of nitrogens with zero attached hydrogens (tertiary/aromatic N) is 1. The summed E-state index contributed by atoms with van der Waals surface area (Å²) in [5.41, 5.74) is 2.64. The van der Waals surface area contributed by atoms with Crippen molar-refractivity contribution in [3.8, 4) is 0 Å². The molecule has 128 valence electrons. The molecule has 2 aromatic carbocycles. The normalized spacial score (nSPS) is 23.7. The molecule has 0 saturated carbocycles. The molecule has 0 aromatic heterocycles. The second kappa shape index (κ2) is 6.20. The van der Waals surface area contributed by atoms with Gasteiger partial charge < -0.3 is 5.32 Å². The number of halogens is 3. The standard InChI is InChI=1S/C18H13Cl3N2O2/c19-10-7-13-11-2-1-3-12(11)17(22-18(13)15(21)8-10)9-4-5-14(20)16(6-9)23(24)25/h1-2,4-8,11-12,17,22H,3H2/t11-,12-,17+/m0/s1. The molecule has 0 fully saturated rings. The maximum Gasteiger partial charge on any atom is 0.288 e. The Hall–Kier alpha value is -1.75. The fraction of sp³-hybridized carbons (Fsp3) is 0.222. The Labute approximate surface area is 159 Å². The van der Waals surface area contributed by atoms with Crippen molar-refractivity contribution in [1.82, 2.24) is 0 Å². The zero-order valence-corrected chi connectivity index (χ0v) is 15.1. The average molecular weight is 396 g/mol. The molecule has 4 rings (SSSR count). The molecule has 2 aliphatic rings. The fourth-order valence-corrected chi connectivity index (χ4v) is 4.56. The van der Waals surface area contributed by atoms with Crippen molar-refractivity contribution >= 4 is 46.2 Å². The molecule has 4 nitrogen and oxygen atoms in total. The van der Waals surface area contributed by atoms with E-state index in [0.717, 1.165) is 23.2 Å². The zero-order chi connectivity index (χ0) is 17.7. The molecule has 0 bridgehead atoms. The maximum absolute atomic E-state index is 11.2. The summed E-state index contributed by atoms with van der Waals surface area (Å²) in [5, 5.41) is 16.0. The van der Waals surface area contributed by atoms with Crippen LogP contribution < -0.4 is 5.32 Å². The SMILES string of the molecule is O=[N+]([O-])c1cc([C@H]2Nc3c(Cl)cc(Cl)cc3[C@H]3C=CC[C@@H]32)ccc1Cl. The van der Waals surface area contributed by atoms with Gasteiger partial charge in [-0.15, -0.1) is 0 Å². The summed E-state index contributed by atoms with van der Waals surface area (Å²) < 4.78 is 0. The van der Waals surface area contributed by atoms with Gasteiger partial charge >= 0.3 is 0 Å². The Kier molecular flexibility index (Phi) is 4.14. The van der Waals surface area contributed by atoms with Crippen LogP contribution in [-0.4, -0.2) is 4.92 Å². The smallest absolute Gasteiger partial charge is 0.288 e. The minimum atomic E-state index is -0.459. The van der Waals surface area contributed by atoms with Crippen molar-refractivity contribution in [3.05, 3.63) is 78.8 Å². The van der Waals surface area contributed by atoms with Gasteiger partial charge in [0, 0.05) is 17.0 Å². The molecule has 1 aliphatic carbocycles. The lowest BCUT2D eigenvalue weighted by molar-refractivity contribution is -0.384. The van der Waals surface area contributed by atoms with E-state index in [9.17, 15) is 10.1 Å². The first-order chi connectivity index (χ1) is 12.0. The lowest BCUT2D eigenvalue weighted by Crippen LogP contribution is -2.29. The minimum Gasteiger partial charge on any atom is -0.376 e. The van der Waals surface area contributed by atoms with Gasteiger partial charge in [0.1, 0.15) is 5.02 Å². The van der Waals surface area contributed by atoms with E-state index in [1.165, 1.54) is 0 Å². The summed E-state index contributed by atoms with van der Waals surface area (Å²) in [7, 11) is 0. The van der Waals surface area contributed by atoms with Crippen LogP contribution in [0.25, 0.3) is 0 Å². The molecule has 25 heavy (non-hydrogen) atoms. The van der Waals surface area contributed by atoms with Gasteiger partial charge in [-0.2, -0.15) is 0 Å². The molecule has 0 spiro atoms. The van der Waals surface area contributed by atoms with Crippen molar-refractivity contribution < 1.29 is 4.92 Å². The number of benzene rings is 2. The van der Waals surface area contributed by atoms with Crippen LogP contribution >= 0.6 is 34.8 Å². The molecule has 7 heteroatoms. The zero-order valence-electron chi connectivity index (χ0n) is 12.9. The van der Waals surface area contributed by atoms with Gasteiger partial charge in [0.2, 0.25) is 0 Å². The first-order valence-electron chi connectivity index (χ1n) is 7.81. The number of anilines is 1. The summed E-state index contributed by atoms with van der Waals surface area (Å²) in [6.45, 7) is 0. The molecule has 0 amide bonds. The van der Waals surface area contributed by atoms with Gasteiger partial charge in [0.25, 0.3) is 5.69 Å². The minimum absolute atomic E-state index is 0.0866. The molecular formula is C18H13Cl3N2O2. The van der Waals surface area contributed by atoms with Crippen LogP contribution in [0.5, 0.6) is 0 Å². The monoisotopic (exact) mass is 394 g/mol. The lowest BCUT2D eigenvalue weighted by Gasteiger charge is -2.38. The van der Waals surface area contributed by atoms with Crippen molar-refractivity contribution in [2.45, 2.75) is 18.4 Å². The number of hydrogen-bond acceptors (Lipinski definition) is 3. The van der Waals surface area contributed by atoms with Crippen LogP contribution in [0.4, 0.5) is 11.4 Å². The van der Waals surface area contributed by atoms with E-state index in [4.69, 9.17) is 34.8 Å². The number of fused-ring (bicyclic) bond motifs is 3. The van der Waals surface area contributed by atoms with Crippen LogP contribution in [0, 0.1) is 16.0 Å². The Morgan fingerprint density at radius 3 is 2.68 bits per heavy atom. The third-order valence-corrected chi connectivity index (χ3v) is 5.75.